The highest BCUT2D eigenvalue weighted by atomic mass is 127. The van der Waals surface area contributed by atoms with Crippen molar-refractivity contribution in [3.63, 3.8) is 0 Å². The van der Waals surface area contributed by atoms with Gasteiger partial charge in [0.2, 0.25) is 0 Å². The fourth-order valence-corrected chi connectivity index (χ4v) is 2.63. The Labute approximate surface area is 129 Å². The highest BCUT2D eigenvalue weighted by Gasteiger charge is 2.09. The highest BCUT2D eigenvalue weighted by Crippen LogP contribution is 2.37. The molecule has 0 amide bonds. The van der Waals surface area contributed by atoms with Crippen molar-refractivity contribution >= 4 is 57.4 Å². The van der Waals surface area contributed by atoms with E-state index in [1.54, 1.807) is 6.07 Å². The van der Waals surface area contributed by atoms with Crippen molar-refractivity contribution in [2.24, 2.45) is 0 Å². The lowest BCUT2D eigenvalue weighted by Crippen LogP contribution is -1.85. The number of halogens is 4. The maximum absolute atomic E-state index is 6.20. The molecule has 2 aromatic carbocycles. The van der Waals surface area contributed by atoms with Gasteiger partial charge in [-0.1, -0.05) is 46.9 Å². The van der Waals surface area contributed by atoms with E-state index in [1.165, 1.54) is 9.13 Å². The Hall–Kier alpha value is 0.0400. The van der Waals surface area contributed by atoms with Crippen LogP contribution in [-0.2, 0) is 0 Å². The molecule has 0 saturated carbocycles. The summed E-state index contributed by atoms with van der Waals surface area (Å²) in [5, 5.41) is 1.60. The van der Waals surface area contributed by atoms with Gasteiger partial charge in [0.05, 0.1) is 10.0 Å². The Morgan fingerprint density at radius 1 is 1.00 bits per heavy atom. The maximum atomic E-state index is 6.20. The number of hydrogen-bond donors (Lipinski definition) is 0. The molecule has 0 aliphatic rings. The van der Waals surface area contributed by atoms with Crippen molar-refractivity contribution in [3.8, 4) is 11.1 Å². The largest absolute Gasteiger partial charge is 0.0843 e. The molecule has 88 valence electrons. The lowest BCUT2D eigenvalue weighted by Gasteiger charge is -2.09. The molecule has 0 nitrogen and oxygen atoms in total. The van der Waals surface area contributed by atoms with E-state index in [0.717, 1.165) is 11.1 Å². The first kappa shape index (κ1) is 13.5. The standard InChI is InChI=1S/C13H8Cl3I/c1-7-4-8(2-3-12(7)17)10-5-9(14)6-11(15)13(10)16/h2-6H,1H3. The Kier molecular flexibility index (Phi) is 4.24. The van der Waals surface area contributed by atoms with Crippen LogP contribution in [0.15, 0.2) is 30.3 Å². The maximum Gasteiger partial charge on any atom is 0.0671 e. The summed E-state index contributed by atoms with van der Waals surface area (Å²) in [4.78, 5) is 0. The molecule has 0 heterocycles. The average molecular weight is 397 g/mol. The van der Waals surface area contributed by atoms with Crippen LogP contribution < -0.4 is 0 Å². The minimum absolute atomic E-state index is 0.477. The van der Waals surface area contributed by atoms with E-state index in [9.17, 15) is 0 Å². The van der Waals surface area contributed by atoms with Crippen LogP contribution in [0.3, 0.4) is 0 Å². The summed E-state index contributed by atoms with van der Waals surface area (Å²) >= 11 is 20.5. The van der Waals surface area contributed by atoms with Gasteiger partial charge in [0.1, 0.15) is 0 Å². The van der Waals surface area contributed by atoms with Gasteiger partial charge in [0.25, 0.3) is 0 Å². The molecular weight excluding hydrogens is 389 g/mol. The van der Waals surface area contributed by atoms with Gasteiger partial charge in [0.15, 0.2) is 0 Å². The normalized spacial score (nSPS) is 10.6. The lowest BCUT2D eigenvalue weighted by molar-refractivity contribution is 1.42. The zero-order valence-corrected chi connectivity index (χ0v) is 13.3. The topological polar surface area (TPSA) is 0 Å². The molecule has 0 aromatic heterocycles. The second-order valence-electron chi connectivity index (χ2n) is 3.71. The first-order valence-electron chi connectivity index (χ1n) is 4.90. The minimum Gasteiger partial charge on any atom is -0.0843 e. The lowest BCUT2D eigenvalue weighted by atomic mass is 10.0. The van der Waals surface area contributed by atoms with Gasteiger partial charge < -0.3 is 0 Å². The molecule has 17 heavy (non-hydrogen) atoms. The fraction of sp³-hybridized carbons (Fsp3) is 0.0769. The fourth-order valence-electron chi connectivity index (χ4n) is 1.58. The summed E-state index contributed by atoms with van der Waals surface area (Å²) in [7, 11) is 0. The van der Waals surface area contributed by atoms with Gasteiger partial charge in [-0.3, -0.25) is 0 Å². The van der Waals surface area contributed by atoms with E-state index in [1.807, 2.05) is 12.1 Å². The number of aryl methyl sites for hydroxylation is 1. The SMILES string of the molecule is Cc1cc(-c2cc(Cl)cc(Cl)c2Cl)ccc1I. The summed E-state index contributed by atoms with van der Waals surface area (Å²) in [6, 6.07) is 9.63. The zero-order chi connectivity index (χ0) is 12.6. The first-order chi connectivity index (χ1) is 7.99. The predicted molar refractivity (Wildman–Crippen MR) is 84.4 cm³/mol. The Morgan fingerprint density at radius 2 is 1.71 bits per heavy atom. The molecule has 0 spiro atoms. The van der Waals surface area contributed by atoms with Crippen LogP contribution in [0.5, 0.6) is 0 Å². The van der Waals surface area contributed by atoms with Crippen molar-refractivity contribution in [3.05, 3.63) is 54.5 Å². The molecule has 0 atom stereocenters. The Morgan fingerprint density at radius 3 is 2.35 bits per heavy atom. The van der Waals surface area contributed by atoms with E-state index in [-0.39, 0.29) is 0 Å². The van der Waals surface area contributed by atoms with Crippen LogP contribution in [0, 0.1) is 10.5 Å². The quantitative estimate of drug-likeness (QED) is 0.395. The van der Waals surface area contributed by atoms with Gasteiger partial charge in [-0.25, -0.2) is 0 Å². The van der Waals surface area contributed by atoms with Gasteiger partial charge in [-0.15, -0.1) is 0 Å². The van der Waals surface area contributed by atoms with Gasteiger partial charge in [0, 0.05) is 14.2 Å². The number of rotatable bonds is 1. The smallest absolute Gasteiger partial charge is 0.0671 e. The van der Waals surface area contributed by atoms with E-state index >= 15 is 0 Å². The predicted octanol–water partition coefficient (Wildman–Crippen LogP) is 6.23. The summed E-state index contributed by atoms with van der Waals surface area (Å²) in [6.45, 7) is 2.06. The van der Waals surface area contributed by atoms with Crippen molar-refractivity contribution in [1.82, 2.24) is 0 Å². The van der Waals surface area contributed by atoms with Crippen LogP contribution in [0.1, 0.15) is 5.56 Å². The van der Waals surface area contributed by atoms with E-state index in [2.05, 4.69) is 41.6 Å². The Bertz CT molecular complexity index is 579. The zero-order valence-electron chi connectivity index (χ0n) is 8.90. The second-order valence-corrected chi connectivity index (χ2v) is 6.10. The number of benzene rings is 2. The van der Waals surface area contributed by atoms with Crippen LogP contribution in [-0.4, -0.2) is 0 Å². The van der Waals surface area contributed by atoms with Gasteiger partial charge in [-0.2, -0.15) is 0 Å². The first-order valence-corrected chi connectivity index (χ1v) is 7.11. The molecule has 0 bridgehead atoms. The second kappa shape index (κ2) is 5.35. The molecule has 0 fully saturated rings. The monoisotopic (exact) mass is 396 g/mol. The molecule has 0 aliphatic carbocycles. The van der Waals surface area contributed by atoms with Gasteiger partial charge in [-0.05, 0) is 58.8 Å². The average Bonchev–Trinajstić information content (AvgIpc) is 2.27. The van der Waals surface area contributed by atoms with Crippen molar-refractivity contribution < 1.29 is 0 Å². The van der Waals surface area contributed by atoms with Crippen LogP contribution in [0.4, 0.5) is 0 Å². The molecule has 0 unspecified atom stereocenters. The summed E-state index contributed by atoms with van der Waals surface area (Å²) in [5.74, 6) is 0. The molecule has 0 N–H and O–H groups in total. The molecule has 0 aliphatic heterocycles. The third-order valence-electron chi connectivity index (χ3n) is 2.46. The Balaban J connectivity index is 2.64. The minimum atomic E-state index is 0.477. The summed E-state index contributed by atoms with van der Waals surface area (Å²) in [6.07, 6.45) is 0. The molecule has 0 radical (unpaired) electrons. The molecule has 2 aromatic rings. The van der Waals surface area contributed by atoms with Crippen molar-refractivity contribution in [2.75, 3.05) is 0 Å². The van der Waals surface area contributed by atoms with Crippen LogP contribution in [0.25, 0.3) is 11.1 Å². The molecular formula is C13H8Cl3I. The van der Waals surface area contributed by atoms with Crippen molar-refractivity contribution in [2.45, 2.75) is 6.92 Å². The summed E-state index contributed by atoms with van der Waals surface area (Å²) in [5.41, 5.74) is 3.09. The third kappa shape index (κ3) is 2.90. The molecule has 4 heteroatoms. The van der Waals surface area contributed by atoms with Crippen LogP contribution in [0.2, 0.25) is 15.1 Å². The van der Waals surface area contributed by atoms with E-state index in [4.69, 9.17) is 34.8 Å². The van der Waals surface area contributed by atoms with Gasteiger partial charge >= 0.3 is 0 Å². The van der Waals surface area contributed by atoms with Crippen molar-refractivity contribution in [1.29, 1.82) is 0 Å². The number of hydrogen-bond acceptors (Lipinski definition) is 0. The van der Waals surface area contributed by atoms with E-state index < -0.39 is 0 Å². The van der Waals surface area contributed by atoms with E-state index in [0.29, 0.717) is 15.1 Å². The summed E-state index contributed by atoms with van der Waals surface area (Å²) < 4.78 is 1.22. The molecule has 0 saturated heterocycles. The van der Waals surface area contributed by atoms with Crippen LogP contribution >= 0.6 is 57.4 Å². The third-order valence-corrected chi connectivity index (χ3v) is 4.69. The molecule has 2 rings (SSSR count). The highest BCUT2D eigenvalue weighted by molar-refractivity contribution is 14.1.